The standard InChI is InChI=1S/C27H29BO5/c1-20-25(29-17-21-11-5-2-6-12-21)27(30-18-22-13-7-3-8-14-22)26-24(32-20)19-31-28(33-26)23-15-9-4-10-16-23/h2-16,20,24-27H,17-19H2,1H3/t20-,24?,25?,26-,27+/m1/s1. The average molecular weight is 444 g/mol. The molecule has 5 atom stereocenters. The quantitative estimate of drug-likeness (QED) is 0.520. The molecule has 2 fully saturated rings. The van der Waals surface area contributed by atoms with Crippen molar-refractivity contribution in [3.63, 3.8) is 0 Å². The average Bonchev–Trinajstić information content (AvgIpc) is 2.88. The molecule has 0 N–H and O–H groups in total. The molecule has 0 bridgehead atoms. The molecule has 2 unspecified atom stereocenters. The molecule has 170 valence electrons. The maximum atomic E-state index is 6.51. The first-order valence-electron chi connectivity index (χ1n) is 11.6. The minimum atomic E-state index is -0.456. The van der Waals surface area contributed by atoms with Crippen molar-refractivity contribution in [2.24, 2.45) is 0 Å². The van der Waals surface area contributed by atoms with Gasteiger partial charge >= 0.3 is 7.12 Å². The van der Waals surface area contributed by atoms with Crippen LogP contribution < -0.4 is 5.46 Å². The fourth-order valence-electron chi connectivity index (χ4n) is 4.50. The first-order valence-corrected chi connectivity index (χ1v) is 11.6. The Morgan fingerprint density at radius 3 is 1.91 bits per heavy atom. The molecule has 2 heterocycles. The first kappa shape index (κ1) is 22.3. The summed E-state index contributed by atoms with van der Waals surface area (Å²) < 4.78 is 31.7. The Hall–Kier alpha value is -2.48. The normalized spacial score (nSPS) is 27.2. The fraction of sp³-hybridized carbons (Fsp3) is 0.333. The number of ether oxygens (including phenoxy) is 3. The molecule has 33 heavy (non-hydrogen) atoms. The molecule has 3 aromatic rings. The highest BCUT2D eigenvalue weighted by Gasteiger charge is 2.50. The highest BCUT2D eigenvalue weighted by Crippen LogP contribution is 2.32. The lowest BCUT2D eigenvalue weighted by molar-refractivity contribution is -0.259. The SMILES string of the molecule is C[C@H]1OC2COB(c3ccccc3)O[C@H]2[C@@H](OCc2ccccc2)C1OCc1ccccc1. The lowest BCUT2D eigenvalue weighted by Gasteiger charge is -2.48. The van der Waals surface area contributed by atoms with Crippen molar-refractivity contribution in [3.05, 3.63) is 102 Å². The van der Waals surface area contributed by atoms with Crippen LogP contribution in [0.15, 0.2) is 91.0 Å². The Morgan fingerprint density at radius 2 is 1.30 bits per heavy atom. The minimum Gasteiger partial charge on any atom is -0.404 e. The summed E-state index contributed by atoms with van der Waals surface area (Å²) in [7, 11) is -0.456. The third-order valence-electron chi connectivity index (χ3n) is 6.20. The van der Waals surface area contributed by atoms with Gasteiger partial charge in [-0.2, -0.15) is 0 Å². The molecule has 5 rings (SSSR count). The van der Waals surface area contributed by atoms with E-state index in [9.17, 15) is 0 Å². The van der Waals surface area contributed by atoms with Crippen LogP contribution >= 0.6 is 0 Å². The fourth-order valence-corrected chi connectivity index (χ4v) is 4.50. The van der Waals surface area contributed by atoms with E-state index in [0.717, 1.165) is 16.6 Å². The second kappa shape index (κ2) is 10.6. The molecule has 0 aromatic heterocycles. The monoisotopic (exact) mass is 444 g/mol. The van der Waals surface area contributed by atoms with Crippen LogP contribution in [-0.4, -0.2) is 44.2 Å². The van der Waals surface area contributed by atoms with Crippen LogP contribution in [0, 0.1) is 0 Å². The number of fused-ring (bicyclic) bond motifs is 1. The summed E-state index contributed by atoms with van der Waals surface area (Å²) in [5.74, 6) is 0. The Bertz CT molecular complexity index is 987. The second-order valence-electron chi connectivity index (χ2n) is 8.58. The summed E-state index contributed by atoms with van der Waals surface area (Å²) in [6.45, 7) is 3.45. The summed E-state index contributed by atoms with van der Waals surface area (Å²) in [5.41, 5.74) is 3.21. The zero-order valence-electron chi connectivity index (χ0n) is 18.8. The lowest BCUT2D eigenvalue weighted by atomic mass is 9.76. The number of benzene rings is 3. The summed E-state index contributed by atoms with van der Waals surface area (Å²) >= 11 is 0. The topological polar surface area (TPSA) is 46.2 Å². The second-order valence-corrected chi connectivity index (χ2v) is 8.58. The Labute approximate surface area is 195 Å². The minimum absolute atomic E-state index is 0.156. The summed E-state index contributed by atoms with van der Waals surface area (Å²) in [5, 5.41) is 0. The molecule has 2 saturated heterocycles. The van der Waals surface area contributed by atoms with E-state index in [4.69, 9.17) is 23.5 Å². The number of hydrogen-bond donors (Lipinski definition) is 0. The summed E-state index contributed by atoms with van der Waals surface area (Å²) in [4.78, 5) is 0. The smallest absolute Gasteiger partial charge is 0.404 e. The van der Waals surface area contributed by atoms with Crippen LogP contribution in [0.5, 0.6) is 0 Å². The third kappa shape index (κ3) is 5.37. The Kier molecular flexibility index (Phi) is 7.20. The zero-order chi connectivity index (χ0) is 22.5. The van der Waals surface area contributed by atoms with Gasteiger partial charge in [-0.3, -0.25) is 0 Å². The van der Waals surface area contributed by atoms with Gasteiger partial charge < -0.3 is 23.5 Å². The molecule has 5 nitrogen and oxygen atoms in total. The van der Waals surface area contributed by atoms with Gasteiger partial charge in [0.05, 0.1) is 25.9 Å². The molecule has 0 radical (unpaired) electrons. The van der Waals surface area contributed by atoms with Gasteiger partial charge in [-0.05, 0) is 23.5 Å². The molecule has 0 saturated carbocycles. The first-order chi connectivity index (χ1) is 16.3. The molecular weight excluding hydrogens is 415 g/mol. The molecule has 6 heteroatoms. The maximum Gasteiger partial charge on any atom is 0.494 e. The summed E-state index contributed by atoms with van der Waals surface area (Å²) in [6.07, 6.45) is -1.24. The number of hydrogen-bond acceptors (Lipinski definition) is 5. The highest BCUT2D eigenvalue weighted by atomic mass is 16.7. The van der Waals surface area contributed by atoms with E-state index < -0.39 is 7.12 Å². The predicted octanol–water partition coefficient (Wildman–Crippen LogP) is 3.76. The van der Waals surface area contributed by atoms with Crippen molar-refractivity contribution in [3.8, 4) is 0 Å². The van der Waals surface area contributed by atoms with E-state index in [0.29, 0.717) is 19.8 Å². The van der Waals surface area contributed by atoms with Crippen LogP contribution in [0.3, 0.4) is 0 Å². The van der Waals surface area contributed by atoms with Crippen LogP contribution in [0.2, 0.25) is 0 Å². The Morgan fingerprint density at radius 1 is 0.758 bits per heavy atom. The van der Waals surface area contributed by atoms with Gasteiger partial charge in [-0.1, -0.05) is 91.0 Å². The van der Waals surface area contributed by atoms with Gasteiger partial charge in [0.1, 0.15) is 24.4 Å². The van der Waals surface area contributed by atoms with Crippen LogP contribution in [0.25, 0.3) is 0 Å². The van der Waals surface area contributed by atoms with Crippen LogP contribution in [0.1, 0.15) is 18.1 Å². The molecule has 0 spiro atoms. The van der Waals surface area contributed by atoms with E-state index in [2.05, 4.69) is 24.3 Å². The largest absolute Gasteiger partial charge is 0.494 e. The van der Waals surface area contributed by atoms with Gasteiger partial charge in [0, 0.05) is 0 Å². The number of rotatable bonds is 7. The van der Waals surface area contributed by atoms with Crippen molar-refractivity contribution >= 4 is 12.6 Å². The van der Waals surface area contributed by atoms with Crippen LogP contribution in [-0.2, 0) is 36.7 Å². The van der Waals surface area contributed by atoms with Crippen molar-refractivity contribution in [2.45, 2.75) is 50.7 Å². The van der Waals surface area contributed by atoms with Crippen molar-refractivity contribution in [1.29, 1.82) is 0 Å². The van der Waals surface area contributed by atoms with Gasteiger partial charge in [-0.25, -0.2) is 0 Å². The van der Waals surface area contributed by atoms with Gasteiger partial charge in [-0.15, -0.1) is 0 Å². The molecule has 0 aliphatic carbocycles. The molecule has 3 aromatic carbocycles. The van der Waals surface area contributed by atoms with Crippen LogP contribution in [0.4, 0.5) is 0 Å². The predicted molar refractivity (Wildman–Crippen MR) is 127 cm³/mol. The third-order valence-corrected chi connectivity index (χ3v) is 6.20. The van der Waals surface area contributed by atoms with Gasteiger partial charge in [0.2, 0.25) is 0 Å². The molecular formula is C27H29BO5. The van der Waals surface area contributed by atoms with E-state index in [-0.39, 0.29) is 30.5 Å². The van der Waals surface area contributed by atoms with Gasteiger partial charge in [0.15, 0.2) is 0 Å². The van der Waals surface area contributed by atoms with Crippen molar-refractivity contribution in [1.82, 2.24) is 0 Å². The lowest BCUT2D eigenvalue weighted by Crippen LogP contribution is -2.65. The van der Waals surface area contributed by atoms with E-state index in [1.54, 1.807) is 0 Å². The molecule has 2 aliphatic rings. The zero-order valence-corrected chi connectivity index (χ0v) is 18.8. The summed E-state index contributed by atoms with van der Waals surface area (Å²) in [6, 6.07) is 30.3. The molecule has 2 aliphatic heterocycles. The van der Waals surface area contributed by atoms with Crippen molar-refractivity contribution in [2.75, 3.05) is 6.61 Å². The highest BCUT2D eigenvalue weighted by molar-refractivity contribution is 6.61. The Balaban J connectivity index is 1.36. The van der Waals surface area contributed by atoms with Gasteiger partial charge in [0.25, 0.3) is 0 Å². The van der Waals surface area contributed by atoms with E-state index >= 15 is 0 Å². The molecule has 0 amide bonds. The van der Waals surface area contributed by atoms with E-state index in [1.165, 1.54) is 0 Å². The van der Waals surface area contributed by atoms with E-state index in [1.807, 2.05) is 73.7 Å². The maximum absolute atomic E-state index is 6.51. The van der Waals surface area contributed by atoms with Crippen molar-refractivity contribution < 1.29 is 23.5 Å².